The van der Waals surface area contributed by atoms with Gasteiger partial charge in [-0.05, 0) is 34.1 Å². The summed E-state index contributed by atoms with van der Waals surface area (Å²) in [6.45, 7) is 0. The van der Waals surface area contributed by atoms with E-state index in [1.165, 1.54) is 0 Å². The number of hydrogen-bond donors (Lipinski definition) is 1. The van der Waals surface area contributed by atoms with Crippen LogP contribution in [0.25, 0.3) is 10.9 Å². The van der Waals surface area contributed by atoms with E-state index in [0.717, 1.165) is 20.4 Å². The van der Waals surface area contributed by atoms with Crippen LogP contribution in [0.1, 0.15) is 0 Å². The molecule has 2 rings (SSSR count). The first-order valence-electron chi connectivity index (χ1n) is 3.12. The molecule has 0 aliphatic heterocycles. The fourth-order valence-corrected chi connectivity index (χ4v) is 1.57. The summed E-state index contributed by atoms with van der Waals surface area (Å²) in [6, 6.07) is 5.71. The van der Waals surface area contributed by atoms with Crippen molar-refractivity contribution in [2.75, 3.05) is 0 Å². The molecule has 0 saturated heterocycles. The van der Waals surface area contributed by atoms with Gasteiger partial charge in [0, 0.05) is 15.4 Å². The number of fused-ring (bicyclic) bond motifs is 1. The molecule has 1 nitrogen and oxygen atoms in total. The molecule has 0 amide bonds. The van der Waals surface area contributed by atoms with Crippen molar-refractivity contribution in [2.24, 2.45) is 0 Å². The van der Waals surface area contributed by atoms with Crippen LogP contribution in [0.15, 0.2) is 22.7 Å². The highest BCUT2D eigenvalue weighted by Gasteiger charge is 2.02. The minimum atomic E-state index is 0.736. The van der Waals surface area contributed by atoms with Gasteiger partial charge >= 0.3 is 0 Å². The van der Waals surface area contributed by atoms with Crippen LogP contribution in [-0.4, -0.2) is 4.98 Å². The molecule has 1 heterocycles. The van der Waals surface area contributed by atoms with Crippen molar-refractivity contribution in [3.63, 3.8) is 0 Å². The van der Waals surface area contributed by atoms with Crippen molar-refractivity contribution in [3.8, 4) is 0 Å². The average Bonchev–Trinajstić information content (AvgIpc) is 2.45. The molecule has 0 saturated carbocycles. The van der Waals surface area contributed by atoms with Crippen LogP contribution in [0, 0.1) is 6.20 Å². The van der Waals surface area contributed by atoms with Crippen molar-refractivity contribution >= 4 is 38.4 Å². The third-order valence-electron chi connectivity index (χ3n) is 1.56. The van der Waals surface area contributed by atoms with Crippen LogP contribution in [0.3, 0.4) is 0 Å². The molecule has 55 valence electrons. The molecule has 1 aromatic carbocycles. The number of aromatic amines is 1. The molecule has 0 aliphatic rings. The first-order valence-corrected chi connectivity index (χ1v) is 4.29. The highest BCUT2D eigenvalue weighted by atomic mass is 79.9. The lowest BCUT2D eigenvalue weighted by Gasteiger charge is -1.95. The molecule has 1 aromatic heterocycles. The molecule has 0 unspecified atom stereocenters. The maximum atomic E-state index is 5.98. The second kappa shape index (κ2) is 2.54. The summed E-state index contributed by atoms with van der Waals surface area (Å²) in [5, 5.41) is 1.74. The van der Waals surface area contributed by atoms with Gasteiger partial charge in [0.15, 0.2) is 0 Å². The number of benzene rings is 1. The van der Waals surface area contributed by atoms with E-state index in [2.05, 4.69) is 27.1 Å². The fourth-order valence-electron chi connectivity index (χ4n) is 1.00. The molecule has 11 heavy (non-hydrogen) atoms. The maximum absolute atomic E-state index is 5.98. The second-order valence-corrected chi connectivity index (χ2v) is 3.47. The predicted octanol–water partition coefficient (Wildman–Crippen LogP) is 3.38. The minimum Gasteiger partial charge on any atom is -0.353 e. The summed E-state index contributed by atoms with van der Waals surface area (Å²) in [4.78, 5) is 2.96. The number of hydrogen-bond acceptors (Lipinski definition) is 0. The van der Waals surface area contributed by atoms with E-state index in [0.29, 0.717) is 0 Å². The molecule has 0 bridgehead atoms. The van der Waals surface area contributed by atoms with Gasteiger partial charge in [-0.2, -0.15) is 0 Å². The zero-order valence-electron chi connectivity index (χ0n) is 5.49. The quantitative estimate of drug-likeness (QED) is 0.713. The molecular formula is C8H4BrClN. The van der Waals surface area contributed by atoms with Gasteiger partial charge in [-0.25, -0.2) is 0 Å². The zero-order chi connectivity index (χ0) is 7.84. The van der Waals surface area contributed by atoms with Gasteiger partial charge in [-0.15, -0.1) is 0 Å². The van der Waals surface area contributed by atoms with Crippen LogP contribution in [-0.2, 0) is 0 Å². The molecule has 3 heteroatoms. The molecule has 2 aromatic rings. The van der Waals surface area contributed by atoms with E-state index in [9.17, 15) is 0 Å². The number of nitrogens with one attached hydrogen (secondary N) is 1. The van der Waals surface area contributed by atoms with Gasteiger partial charge < -0.3 is 4.98 Å². The Balaban J connectivity index is 2.93. The van der Waals surface area contributed by atoms with Crippen molar-refractivity contribution in [1.29, 1.82) is 0 Å². The highest BCUT2D eigenvalue weighted by molar-refractivity contribution is 9.10. The van der Waals surface area contributed by atoms with Crippen LogP contribution in [0.2, 0.25) is 5.02 Å². The first kappa shape index (κ1) is 7.19. The standard InChI is InChI=1S/C8H4BrClN/c9-6-1-2-7-5(8(6)10)3-4-11-7/h1-3,11H. The van der Waals surface area contributed by atoms with Gasteiger partial charge in [0.1, 0.15) is 0 Å². The third-order valence-corrected chi connectivity index (χ3v) is 2.85. The molecule has 1 radical (unpaired) electrons. The van der Waals surface area contributed by atoms with Crippen LogP contribution >= 0.6 is 27.5 Å². The van der Waals surface area contributed by atoms with Gasteiger partial charge in [0.25, 0.3) is 0 Å². The SMILES string of the molecule is Clc1c(Br)ccc2[nH][c]cc12. The molecule has 0 fully saturated rings. The van der Waals surface area contributed by atoms with E-state index in [-0.39, 0.29) is 0 Å². The monoisotopic (exact) mass is 228 g/mol. The van der Waals surface area contributed by atoms with Crippen molar-refractivity contribution in [2.45, 2.75) is 0 Å². The smallest absolute Gasteiger partial charge is 0.0642 e. The number of aromatic nitrogens is 1. The Morgan fingerprint density at radius 1 is 1.45 bits per heavy atom. The van der Waals surface area contributed by atoms with E-state index < -0.39 is 0 Å². The molecule has 0 aliphatic carbocycles. The second-order valence-electron chi connectivity index (χ2n) is 2.24. The predicted molar refractivity (Wildman–Crippen MR) is 49.8 cm³/mol. The number of rotatable bonds is 0. The summed E-state index contributed by atoms with van der Waals surface area (Å²) in [5.41, 5.74) is 1.01. The topological polar surface area (TPSA) is 15.8 Å². The van der Waals surface area contributed by atoms with Gasteiger partial charge in [0.2, 0.25) is 0 Å². The normalized spacial score (nSPS) is 10.7. The third kappa shape index (κ3) is 1.06. The van der Waals surface area contributed by atoms with Crippen molar-refractivity contribution < 1.29 is 0 Å². The van der Waals surface area contributed by atoms with E-state index in [1.54, 1.807) is 0 Å². The molecule has 0 spiro atoms. The molecular weight excluding hydrogens is 225 g/mol. The molecule has 1 N–H and O–H groups in total. The lowest BCUT2D eigenvalue weighted by Crippen LogP contribution is -1.70. The summed E-state index contributed by atoms with van der Waals surface area (Å²) < 4.78 is 0.916. The largest absolute Gasteiger partial charge is 0.353 e. The summed E-state index contributed by atoms with van der Waals surface area (Å²) in [5.74, 6) is 0. The summed E-state index contributed by atoms with van der Waals surface area (Å²) >= 11 is 9.32. The Hall–Kier alpha value is -0.470. The van der Waals surface area contributed by atoms with E-state index in [4.69, 9.17) is 11.6 Å². The minimum absolute atomic E-state index is 0.736. The average molecular weight is 229 g/mol. The fraction of sp³-hybridized carbons (Fsp3) is 0. The Bertz CT molecular complexity index is 394. The Labute approximate surface area is 77.5 Å². The van der Waals surface area contributed by atoms with Gasteiger partial charge in [-0.3, -0.25) is 0 Å². The van der Waals surface area contributed by atoms with Crippen molar-refractivity contribution in [1.82, 2.24) is 4.98 Å². The lowest BCUT2D eigenvalue weighted by atomic mass is 10.2. The summed E-state index contributed by atoms with van der Waals surface area (Å²) in [6.07, 6.45) is 2.88. The number of H-pyrrole nitrogens is 1. The Morgan fingerprint density at radius 2 is 2.27 bits per heavy atom. The van der Waals surface area contributed by atoms with Crippen LogP contribution < -0.4 is 0 Å². The molecule has 0 atom stereocenters. The Morgan fingerprint density at radius 3 is 3.09 bits per heavy atom. The summed E-state index contributed by atoms with van der Waals surface area (Å²) in [7, 11) is 0. The van der Waals surface area contributed by atoms with E-state index >= 15 is 0 Å². The van der Waals surface area contributed by atoms with E-state index in [1.807, 2.05) is 18.2 Å². The van der Waals surface area contributed by atoms with Gasteiger partial charge in [0.05, 0.1) is 11.2 Å². The van der Waals surface area contributed by atoms with Gasteiger partial charge in [-0.1, -0.05) is 11.6 Å². The first-order chi connectivity index (χ1) is 5.29. The Kier molecular flexibility index (Phi) is 1.66. The zero-order valence-corrected chi connectivity index (χ0v) is 7.83. The van der Waals surface area contributed by atoms with Crippen molar-refractivity contribution in [3.05, 3.63) is 33.9 Å². The van der Waals surface area contributed by atoms with Crippen LogP contribution in [0.4, 0.5) is 0 Å². The lowest BCUT2D eigenvalue weighted by molar-refractivity contribution is 1.46. The maximum Gasteiger partial charge on any atom is 0.0642 e. The van der Waals surface area contributed by atoms with Crippen LogP contribution in [0.5, 0.6) is 0 Å². The highest BCUT2D eigenvalue weighted by Crippen LogP contribution is 2.29. The number of halogens is 2.